The molecule has 1 amide bonds. The summed E-state index contributed by atoms with van der Waals surface area (Å²) in [6.45, 7) is 0.442. The van der Waals surface area contributed by atoms with E-state index in [1.165, 1.54) is 0 Å². The van der Waals surface area contributed by atoms with Crippen molar-refractivity contribution in [1.82, 2.24) is 20.3 Å². The van der Waals surface area contributed by atoms with Crippen molar-refractivity contribution in [2.45, 2.75) is 13.0 Å². The maximum absolute atomic E-state index is 12.3. The van der Waals surface area contributed by atoms with Crippen molar-refractivity contribution in [2.75, 3.05) is 5.73 Å². The van der Waals surface area contributed by atoms with Gasteiger partial charge in [0.05, 0.1) is 24.5 Å². The van der Waals surface area contributed by atoms with Crippen LogP contribution in [0.2, 0.25) is 0 Å². The van der Waals surface area contributed by atoms with Gasteiger partial charge < -0.3 is 20.8 Å². The van der Waals surface area contributed by atoms with Crippen molar-refractivity contribution < 1.29 is 9.53 Å². The fourth-order valence-electron chi connectivity index (χ4n) is 2.97. The summed E-state index contributed by atoms with van der Waals surface area (Å²) in [7, 11) is 0. The van der Waals surface area contributed by atoms with Crippen molar-refractivity contribution in [1.29, 1.82) is 0 Å². The molecule has 0 aliphatic heterocycles. The minimum Gasteiger partial charge on any atom is -0.456 e. The van der Waals surface area contributed by atoms with E-state index in [4.69, 9.17) is 10.5 Å². The van der Waals surface area contributed by atoms with Crippen LogP contribution in [0.15, 0.2) is 79.3 Å². The topological polar surface area (TPSA) is 106 Å². The van der Waals surface area contributed by atoms with Gasteiger partial charge in [-0.3, -0.25) is 9.78 Å². The van der Waals surface area contributed by atoms with Crippen molar-refractivity contribution in [3.8, 4) is 22.8 Å². The highest BCUT2D eigenvalue weighted by Crippen LogP contribution is 2.21. The second-order valence-corrected chi connectivity index (χ2v) is 6.78. The number of aromatic nitrogens is 3. The molecule has 4 N–H and O–H groups in total. The van der Waals surface area contributed by atoms with Crippen LogP contribution in [0.1, 0.15) is 11.1 Å². The van der Waals surface area contributed by atoms with Gasteiger partial charge in [0, 0.05) is 12.7 Å². The molecule has 2 aromatic carbocycles. The van der Waals surface area contributed by atoms with E-state index in [0.29, 0.717) is 18.2 Å². The highest BCUT2D eigenvalue weighted by Gasteiger charge is 2.07. The number of nitrogens with one attached hydrogen (secondary N) is 2. The number of nitrogens with zero attached hydrogens (tertiary/aromatic N) is 2. The number of carbonyl (C=O) groups is 1. The molecule has 7 heteroatoms. The Bertz CT molecular complexity index is 1120. The van der Waals surface area contributed by atoms with Crippen LogP contribution in [-0.4, -0.2) is 20.9 Å². The number of hydrogen-bond acceptors (Lipinski definition) is 5. The summed E-state index contributed by atoms with van der Waals surface area (Å²) < 4.78 is 5.77. The third-order valence-electron chi connectivity index (χ3n) is 4.46. The van der Waals surface area contributed by atoms with Crippen LogP contribution in [0.25, 0.3) is 11.3 Å². The second-order valence-electron chi connectivity index (χ2n) is 6.78. The molecule has 0 saturated heterocycles. The fraction of sp³-hybridized carbons (Fsp3) is 0.0870. The van der Waals surface area contributed by atoms with Crippen LogP contribution >= 0.6 is 0 Å². The van der Waals surface area contributed by atoms with E-state index in [0.717, 1.165) is 28.1 Å². The largest absolute Gasteiger partial charge is 0.456 e. The first-order chi connectivity index (χ1) is 14.7. The van der Waals surface area contributed by atoms with E-state index in [1.807, 2.05) is 60.7 Å². The average molecular weight is 399 g/mol. The number of ether oxygens (including phenoxy) is 1. The number of amides is 1. The standard InChI is InChI=1S/C23H21N5O2/c24-23-27-15-21(28-23)18-8-6-16(7-9-18)13-26-22(29)11-17-10-20(14-25-12-17)30-19-4-2-1-3-5-19/h1-10,12,14-15H,11,13H2,(H,26,29)(H3,24,27,28). The Hall–Kier alpha value is -4.13. The number of aromatic amines is 1. The maximum Gasteiger partial charge on any atom is 0.224 e. The van der Waals surface area contributed by atoms with Gasteiger partial charge in [-0.05, 0) is 34.9 Å². The Labute approximate surface area is 174 Å². The summed E-state index contributed by atoms with van der Waals surface area (Å²) in [5.74, 6) is 1.62. The van der Waals surface area contributed by atoms with Gasteiger partial charge in [0.1, 0.15) is 11.5 Å². The van der Waals surface area contributed by atoms with E-state index in [1.54, 1.807) is 18.6 Å². The predicted molar refractivity (Wildman–Crippen MR) is 115 cm³/mol. The smallest absolute Gasteiger partial charge is 0.224 e. The highest BCUT2D eigenvalue weighted by molar-refractivity contribution is 5.78. The molecule has 0 atom stereocenters. The van der Waals surface area contributed by atoms with Crippen molar-refractivity contribution in [3.63, 3.8) is 0 Å². The SMILES string of the molecule is Nc1ncc(-c2ccc(CNC(=O)Cc3cncc(Oc4ccccc4)c3)cc2)[nH]1. The summed E-state index contributed by atoms with van der Waals surface area (Å²) in [6.07, 6.45) is 5.21. The molecular weight excluding hydrogens is 378 g/mol. The molecule has 150 valence electrons. The molecule has 4 aromatic rings. The number of nitrogens with two attached hydrogens (primary N) is 1. The van der Waals surface area contributed by atoms with Crippen LogP contribution in [0.5, 0.6) is 11.5 Å². The van der Waals surface area contributed by atoms with Crippen LogP contribution < -0.4 is 15.8 Å². The molecule has 0 saturated carbocycles. The lowest BCUT2D eigenvalue weighted by Crippen LogP contribution is -2.24. The molecule has 2 heterocycles. The van der Waals surface area contributed by atoms with E-state index in [-0.39, 0.29) is 12.3 Å². The van der Waals surface area contributed by atoms with Gasteiger partial charge in [-0.2, -0.15) is 0 Å². The molecule has 0 fully saturated rings. The van der Waals surface area contributed by atoms with Crippen molar-refractivity contribution in [2.24, 2.45) is 0 Å². The van der Waals surface area contributed by atoms with Gasteiger partial charge >= 0.3 is 0 Å². The van der Waals surface area contributed by atoms with Crippen molar-refractivity contribution >= 4 is 11.9 Å². The number of benzene rings is 2. The number of anilines is 1. The number of rotatable bonds is 7. The number of carbonyl (C=O) groups excluding carboxylic acids is 1. The molecule has 0 aliphatic carbocycles. The van der Waals surface area contributed by atoms with Crippen LogP contribution in [0.3, 0.4) is 0 Å². The summed E-state index contributed by atoms with van der Waals surface area (Å²) in [6, 6.07) is 19.1. The quantitative estimate of drug-likeness (QED) is 0.439. The fourth-order valence-corrected chi connectivity index (χ4v) is 2.97. The first-order valence-corrected chi connectivity index (χ1v) is 9.49. The van der Waals surface area contributed by atoms with Gasteiger partial charge in [0.25, 0.3) is 0 Å². The first-order valence-electron chi connectivity index (χ1n) is 9.49. The van der Waals surface area contributed by atoms with Crippen LogP contribution in [-0.2, 0) is 17.8 Å². The van der Waals surface area contributed by atoms with E-state index in [2.05, 4.69) is 20.3 Å². The molecule has 0 aliphatic rings. The van der Waals surface area contributed by atoms with Gasteiger partial charge in [-0.1, -0.05) is 42.5 Å². The third kappa shape index (κ3) is 5.02. The molecule has 4 rings (SSSR count). The number of para-hydroxylation sites is 1. The van der Waals surface area contributed by atoms with Crippen molar-refractivity contribution in [3.05, 3.63) is 90.4 Å². The summed E-state index contributed by atoms with van der Waals surface area (Å²) in [5, 5.41) is 2.93. The number of hydrogen-bond donors (Lipinski definition) is 3. The Balaban J connectivity index is 1.31. The predicted octanol–water partition coefficient (Wildman–Crippen LogP) is 3.71. The van der Waals surface area contributed by atoms with Gasteiger partial charge in [0.2, 0.25) is 5.91 Å². The number of nitrogen functional groups attached to an aromatic ring is 1. The molecule has 2 aromatic heterocycles. The van der Waals surface area contributed by atoms with Crippen LogP contribution in [0.4, 0.5) is 5.95 Å². The zero-order valence-electron chi connectivity index (χ0n) is 16.2. The molecule has 0 bridgehead atoms. The average Bonchev–Trinajstić information content (AvgIpc) is 3.20. The normalized spacial score (nSPS) is 10.5. The minimum absolute atomic E-state index is 0.0842. The summed E-state index contributed by atoms with van der Waals surface area (Å²) in [4.78, 5) is 23.5. The Morgan fingerprint density at radius 2 is 1.77 bits per heavy atom. The second kappa shape index (κ2) is 8.91. The molecular formula is C23H21N5O2. The zero-order valence-corrected chi connectivity index (χ0v) is 16.2. The lowest BCUT2D eigenvalue weighted by atomic mass is 10.1. The third-order valence-corrected chi connectivity index (χ3v) is 4.46. The molecule has 0 radical (unpaired) electrons. The Morgan fingerprint density at radius 1 is 0.967 bits per heavy atom. The van der Waals surface area contributed by atoms with E-state index in [9.17, 15) is 4.79 Å². The van der Waals surface area contributed by atoms with E-state index >= 15 is 0 Å². The van der Waals surface area contributed by atoms with Gasteiger partial charge in [0.15, 0.2) is 5.95 Å². The lowest BCUT2D eigenvalue weighted by molar-refractivity contribution is -0.120. The monoisotopic (exact) mass is 399 g/mol. The summed E-state index contributed by atoms with van der Waals surface area (Å²) in [5.41, 5.74) is 9.23. The maximum atomic E-state index is 12.3. The Kier molecular flexibility index (Phi) is 5.70. The number of H-pyrrole nitrogens is 1. The Morgan fingerprint density at radius 3 is 2.50 bits per heavy atom. The van der Waals surface area contributed by atoms with Crippen LogP contribution in [0, 0.1) is 0 Å². The molecule has 7 nitrogen and oxygen atoms in total. The van der Waals surface area contributed by atoms with E-state index < -0.39 is 0 Å². The summed E-state index contributed by atoms with van der Waals surface area (Å²) >= 11 is 0. The minimum atomic E-state index is -0.0842. The zero-order chi connectivity index (χ0) is 20.8. The van der Waals surface area contributed by atoms with Gasteiger partial charge in [-0.15, -0.1) is 0 Å². The molecule has 0 unspecified atom stereocenters. The lowest BCUT2D eigenvalue weighted by Gasteiger charge is -2.08. The number of imidazole rings is 1. The molecule has 30 heavy (non-hydrogen) atoms. The number of pyridine rings is 1. The highest BCUT2D eigenvalue weighted by atomic mass is 16.5. The molecule has 0 spiro atoms. The first kappa shape index (κ1) is 19.2. The van der Waals surface area contributed by atoms with Gasteiger partial charge in [-0.25, -0.2) is 4.98 Å².